The van der Waals surface area contributed by atoms with E-state index >= 15 is 0 Å². The molecule has 1 atom stereocenters. The molecule has 262 valence electrons. The molecule has 0 aliphatic rings. The molecular weight excluding hydrogens is 691 g/mol. The van der Waals surface area contributed by atoms with Crippen LogP contribution in [-0.4, -0.2) is 15.0 Å². The first kappa shape index (κ1) is 35.1. The van der Waals surface area contributed by atoms with Crippen LogP contribution in [0.15, 0.2) is 188 Å². The van der Waals surface area contributed by atoms with Gasteiger partial charge in [-0.3, -0.25) is 5.41 Å². The molecule has 1 unspecified atom stereocenters. The zero-order valence-corrected chi connectivity index (χ0v) is 30.6. The molecule has 0 saturated heterocycles. The van der Waals surface area contributed by atoms with Gasteiger partial charge in [0.2, 0.25) is 0 Å². The summed E-state index contributed by atoms with van der Waals surface area (Å²) in [4.78, 5) is 10.3. The van der Waals surface area contributed by atoms with Crippen molar-refractivity contribution in [1.82, 2.24) is 9.97 Å². The van der Waals surface area contributed by atoms with E-state index in [1.165, 1.54) is 11.8 Å². The molecule has 55 heavy (non-hydrogen) atoms. The molecule has 0 aliphatic carbocycles. The van der Waals surface area contributed by atoms with E-state index in [1.807, 2.05) is 103 Å². The Hall–Kier alpha value is -6.91. The number of rotatable bonds is 9. The van der Waals surface area contributed by atoms with Crippen molar-refractivity contribution >= 4 is 16.8 Å². The quantitative estimate of drug-likeness (QED) is 0.0876. The van der Waals surface area contributed by atoms with Crippen LogP contribution in [0.4, 0.5) is 0 Å². The molecule has 8 rings (SSSR count). The van der Waals surface area contributed by atoms with E-state index < -0.39 is 5.37 Å². The first-order chi connectivity index (χ1) is 27.0. The van der Waals surface area contributed by atoms with Crippen LogP contribution in [0.3, 0.4) is 0 Å². The van der Waals surface area contributed by atoms with Gasteiger partial charge in [-0.25, -0.2) is 9.97 Å². The number of hydrogen-bond donors (Lipinski definition) is 2. The van der Waals surface area contributed by atoms with Gasteiger partial charge in [0.05, 0.1) is 33.4 Å². The van der Waals surface area contributed by atoms with Gasteiger partial charge in [-0.05, 0) is 63.2 Å². The number of nitriles is 1. The van der Waals surface area contributed by atoms with Gasteiger partial charge in [-0.15, -0.1) is 0 Å². The summed E-state index contributed by atoms with van der Waals surface area (Å²) in [5.41, 5.74) is 19.9. The summed E-state index contributed by atoms with van der Waals surface area (Å²) >= 11 is 1.35. The molecule has 8 aromatic rings. The fraction of sp³-hybridized carbons (Fsp3) is 0.0204. The summed E-state index contributed by atoms with van der Waals surface area (Å²) in [7, 11) is 0. The zero-order chi connectivity index (χ0) is 37.6. The summed E-state index contributed by atoms with van der Waals surface area (Å²) in [6.07, 6.45) is 0. The third-order valence-electron chi connectivity index (χ3n) is 9.49. The normalized spacial score (nSPS) is 11.4. The van der Waals surface area contributed by atoms with Gasteiger partial charge < -0.3 is 5.73 Å². The minimum atomic E-state index is -0.403. The third kappa shape index (κ3) is 7.76. The van der Waals surface area contributed by atoms with E-state index in [1.54, 1.807) is 0 Å². The fourth-order valence-corrected chi connectivity index (χ4v) is 7.51. The second kappa shape index (κ2) is 16.0. The number of aromatic nitrogens is 2. The van der Waals surface area contributed by atoms with Crippen molar-refractivity contribution in [2.45, 2.75) is 5.37 Å². The Morgan fingerprint density at radius 2 is 1.07 bits per heavy atom. The molecule has 0 bridgehead atoms. The average Bonchev–Trinajstić information content (AvgIpc) is 3.27. The van der Waals surface area contributed by atoms with E-state index in [-0.39, 0.29) is 0 Å². The number of benzene rings is 7. The maximum atomic E-state index is 9.42. The van der Waals surface area contributed by atoms with E-state index in [0.29, 0.717) is 16.4 Å². The van der Waals surface area contributed by atoms with Crippen LogP contribution in [-0.2, 0) is 0 Å². The van der Waals surface area contributed by atoms with Gasteiger partial charge in [0.25, 0.3) is 0 Å². The maximum Gasteiger partial charge on any atom is 0.160 e. The molecule has 0 amide bonds. The highest BCUT2D eigenvalue weighted by molar-refractivity contribution is 8.14. The van der Waals surface area contributed by atoms with Gasteiger partial charge in [0, 0.05) is 22.3 Å². The molecule has 0 saturated carbocycles. The molecular formula is C49H35N5S. The van der Waals surface area contributed by atoms with Crippen molar-refractivity contribution in [3.05, 3.63) is 205 Å². The lowest BCUT2D eigenvalue weighted by Crippen LogP contribution is -2.09. The van der Waals surface area contributed by atoms with E-state index in [9.17, 15) is 5.26 Å². The van der Waals surface area contributed by atoms with Crippen LogP contribution in [0.2, 0.25) is 0 Å². The lowest BCUT2D eigenvalue weighted by atomic mass is 9.90. The molecule has 7 aromatic carbocycles. The number of nitrogens with two attached hydrogens (primary N) is 1. The minimum Gasteiger partial charge on any atom is -0.315 e. The number of nitrogens with zero attached hydrogens (tertiary/aromatic N) is 3. The summed E-state index contributed by atoms with van der Waals surface area (Å²) in [6, 6.07) is 65.1. The molecule has 6 heteroatoms. The highest BCUT2D eigenvalue weighted by atomic mass is 32.2. The first-order valence-corrected chi connectivity index (χ1v) is 18.8. The molecule has 1 aromatic heterocycles. The topological polar surface area (TPSA) is 99.4 Å². The van der Waals surface area contributed by atoms with Crippen LogP contribution in [0.5, 0.6) is 0 Å². The molecule has 0 aliphatic heterocycles. The molecule has 5 nitrogen and oxygen atoms in total. The molecule has 0 radical (unpaired) electrons. The second-order valence-corrected chi connectivity index (χ2v) is 14.2. The summed E-state index contributed by atoms with van der Waals surface area (Å²) in [6.45, 7) is 0. The van der Waals surface area contributed by atoms with Gasteiger partial charge >= 0.3 is 0 Å². The number of nitrogens with one attached hydrogen (secondary N) is 1. The molecule has 3 N–H and O–H groups in total. The maximum absolute atomic E-state index is 9.42. The van der Waals surface area contributed by atoms with Gasteiger partial charge in [0.15, 0.2) is 5.82 Å². The van der Waals surface area contributed by atoms with Crippen molar-refractivity contribution in [3.8, 4) is 73.4 Å². The summed E-state index contributed by atoms with van der Waals surface area (Å²) in [5, 5.41) is 18.1. The van der Waals surface area contributed by atoms with E-state index in [4.69, 9.17) is 21.1 Å². The van der Waals surface area contributed by atoms with Crippen LogP contribution < -0.4 is 5.73 Å². The van der Waals surface area contributed by atoms with Crippen LogP contribution in [0.25, 0.3) is 67.3 Å². The Balaban J connectivity index is 1.18. The molecule has 0 spiro atoms. The van der Waals surface area contributed by atoms with Crippen molar-refractivity contribution in [1.29, 1.82) is 10.7 Å². The Bertz CT molecular complexity index is 2670. The van der Waals surface area contributed by atoms with Crippen LogP contribution in [0.1, 0.15) is 22.1 Å². The number of hydrogen-bond acceptors (Lipinski definition) is 6. The highest BCUT2D eigenvalue weighted by Gasteiger charge is 2.18. The Morgan fingerprint density at radius 1 is 0.509 bits per heavy atom. The van der Waals surface area contributed by atoms with Crippen LogP contribution in [0, 0.1) is 16.7 Å². The van der Waals surface area contributed by atoms with Gasteiger partial charge in [-0.1, -0.05) is 176 Å². The fourth-order valence-electron chi connectivity index (χ4n) is 6.70. The summed E-state index contributed by atoms with van der Waals surface area (Å²) < 4.78 is 0. The minimum absolute atomic E-state index is 0.403. The Morgan fingerprint density at radius 3 is 1.80 bits per heavy atom. The number of thioether (sulfide) groups is 1. The Kier molecular flexibility index (Phi) is 10.2. The average molecular weight is 726 g/mol. The SMILES string of the molecule is N#Cc1cccc(-c2ccc(-c3cc(-c4ccccc4-c4ccccc4-c4cccc(C(N)SC(=N)c5ccccc5)c4)nc(-c4ccccc4)n3)cc2)c1. The lowest BCUT2D eigenvalue weighted by Gasteiger charge is -2.17. The monoisotopic (exact) mass is 725 g/mol. The standard InChI is InChI=1S/C49H35N5S/c50-32-33-13-11-18-38(29-33)34-25-27-35(28-26-34)45-31-46(54-49(53-45)37-16-5-2-6-17-37)44-24-10-9-23-43(44)42-22-8-7-21-41(42)39-19-12-20-40(30-39)48(52)55-47(51)36-14-3-1-4-15-36/h1-31,48,51H,52H2. The van der Waals surface area contributed by atoms with Crippen molar-refractivity contribution in [2.24, 2.45) is 5.73 Å². The second-order valence-electron chi connectivity index (χ2n) is 13.0. The van der Waals surface area contributed by atoms with Gasteiger partial charge in [0.1, 0.15) is 0 Å². The molecule has 1 heterocycles. The predicted molar refractivity (Wildman–Crippen MR) is 227 cm³/mol. The smallest absolute Gasteiger partial charge is 0.160 e. The largest absolute Gasteiger partial charge is 0.315 e. The van der Waals surface area contributed by atoms with Crippen LogP contribution >= 0.6 is 11.8 Å². The van der Waals surface area contributed by atoms with Crippen molar-refractivity contribution < 1.29 is 0 Å². The highest BCUT2D eigenvalue weighted by Crippen LogP contribution is 2.40. The lowest BCUT2D eigenvalue weighted by molar-refractivity contribution is 1.04. The van der Waals surface area contributed by atoms with Crippen molar-refractivity contribution in [2.75, 3.05) is 0 Å². The summed E-state index contributed by atoms with van der Waals surface area (Å²) in [5.74, 6) is 0.641. The van der Waals surface area contributed by atoms with Gasteiger partial charge in [-0.2, -0.15) is 5.26 Å². The van der Waals surface area contributed by atoms with Crippen molar-refractivity contribution in [3.63, 3.8) is 0 Å². The first-order valence-electron chi connectivity index (χ1n) is 17.9. The Labute approximate surface area is 325 Å². The van der Waals surface area contributed by atoms with E-state index in [2.05, 4.69) is 91.0 Å². The molecule has 0 fully saturated rings. The zero-order valence-electron chi connectivity index (χ0n) is 29.8. The van der Waals surface area contributed by atoms with E-state index in [0.717, 1.165) is 72.6 Å². The third-order valence-corrected chi connectivity index (χ3v) is 10.5. The predicted octanol–water partition coefficient (Wildman–Crippen LogP) is 12.1.